The van der Waals surface area contributed by atoms with Crippen LogP contribution in [0.15, 0.2) is 48.5 Å². The molecule has 0 saturated carbocycles. The first-order valence-electron chi connectivity index (χ1n) is 8.20. The van der Waals surface area contributed by atoms with Gasteiger partial charge in [-0.25, -0.2) is 0 Å². The molecule has 1 atom stereocenters. The van der Waals surface area contributed by atoms with E-state index in [9.17, 15) is 0 Å². The lowest BCUT2D eigenvalue weighted by Gasteiger charge is -2.13. The van der Waals surface area contributed by atoms with Gasteiger partial charge in [-0.2, -0.15) is 0 Å². The van der Waals surface area contributed by atoms with Gasteiger partial charge in [0.1, 0.15) is 5.75 Å². The summed E-state index contributed by atoms with van der Waals surface area (Å²) < 4.78 is 5.79. The van der Waals surface area contributed by atoms with Gasteiger partial charge in [0.2, 0.25) is 0 Å². The van der Waals surface area contributed by atoms with E-state index in [-0.39, 0.29) is 6.10 Å². The average Bonchev–Trinajstić information content (AvgIpc) is 2.54. The minimum Gasteiger partial charge on any atom is -0.491 e. The molecule has 0 amide bonds. The van der Waals surface area contributed by atoms with Gasteiger partial charge in [-0.3, -0.25) is 0 Å². The van der Waals surface area contributed by atoms with E-state index in [0.29, 0.717) is 0 Å². The van der Waals surface area contributed by atoms with Crippen molar-refractivity contribution in [2.75, 3.05) is 6.54 Å². The zero-order valence-corrected chi connectivity index (χ0v) is 13.9. The Hall–Kier alpha value is -1.80. The maximum atomic E-state index is 5.79. The molecular weight excluding hydrogens is 270 g/mol. The number of hydrogen-bond donors (Lipinski definition) is 1. The Morgan fingerprint density at radius 1 is 1.05 bits per heavy atom. The monoisotopic (exact) mass is 297 g/mol. The van der Waals surface area contributed by atoms with Crippen molar-refractivity contribution in [3.63, 3.8) is 0 Å². The van der Waals surface area contributed by atoms with Gasteiger partial charge < -0.3 is 10.1 Å². The average molecular weight is 297 g/mol. The van der Waals surface area contributed by atoms with Gasteiger partial charge in [-0.1, -0.05) is 43.3 Å². The maximum absolute atomic E-state index is 5.79. The summed E-state index contributed by atoms with van der Waals surface area (Å²) in [5.74, 6) is 0.956. The number of ether oxygens (including phenoxy) is 1. The second kappa shape index (κ2) is 8.60. The van der Waals surface area contributed by atoms with Gasteiger partial charge in [-0.05, 0) is 62.1 Å². The first-order chi connectivity index (χ1) is 10.7. The van der Waals surface area contributed by atoms with Crippen LogP contribution in [-0.4, -0.2) is 12.6 Å². The smallest absolute Gasteiger partial charge is 0.119 e. The SMILES string of the molecule is CCC(C)Oc1ccc(CNCCc2ccccc2C)cc1. The third-order valence-corrected chi connectivity index (χ3v) is 4.00. The largest absolute Gasteiger partial charge is 0.491 e. The summed E-state index contributed by atoms with van der Waals surface area (Å²) in [6.45, 7) is 8.30. The zero-order chi connectivity index (χ0) is 15.8. The number of hydrogen-bond acceptors (Lipinski definition) is 2. The number of aryl methyl sites for hydroxylation is 1. The molecule has 2 heteroatoms. The molecule has 0 aliphatic carbocycles. The second-order valence-electron chi connectivity index (χ2n) is 5.83. The molecule has 0 bridgehead atoms. The molecular formula is C20H27NO. The molecule has 0 saturated heterocycles. The van der Waals surface area contributed by atoms with Crippen LogP contribution in [0.5, 0.6) is 5.75 Å². The van der Waals surface area contributed by atoms with Crippen molar-refractivity contribution in [1.82, 2.24) is 5.32 Å². The van der Waals surface area contributed by atoms with E-state index in [1.54, 1.807) is 0 Å². The van der Waals surface area contributed by atoms with Gasteiger partial charge in [0.25, 0.3) is 0 Å². The predicted molar refractivity (Wildman–Crippen MR) is 93.4 cm³/mol. The molecule has 22 heavy (non-hydrogen) atoms. The Balaban J connectivity index is 1.74. The van der Waals surface area contributed by atoms with Crippen molar-refractivity contribution in [2.24, 2.45) is 0 Å². The third-order valence-electron chi connectivity index (χ3n) is 4.00. The topological polar surface area (TPSA) is 21.3 Å². The van der Waals surface area contributed by atoms with Gasteiger partial charge in [-0.15, -0.1) is 0 Å². The first-order valence-corrected chi connectivity index (χ1v) is 8.20. The highest BCUT2D eigenvalue weighted by Crippen LogP contribution is 2.15. The number of rotatable bonds is 8. The Kier molecular flexibility index (Phi) is 6.47. The van der Waals surface area contributed by atoms with Gasteiger partial charge >= 0.3 is 0 Å². The zero-order valence-electron chi connectivity index (χ0n) is 13.9. The normalized spacial score (nSPS) is 12.1. The Morgan fingerprint density at radius 2 is 1.77 bits per heavy atom. The third kappa shape index (κ3) is 5.19. The van der Waals surface area contributed by atoms with Crippen LogP contribution in [0.2, 0.25) is 0 Å². The van der Waals surface area contributed by atoms with Crippen LogP contribution >= 0.6 is 0 Å². The van der Waals surface area contributed by atoms with Gasteiger partial charge in [0.15, 0.2) is 0 Å². The van der Waals surface area contributed by atoms with Crippen LogP contribution in [0.25, 0.3) is 0 Å². The van der Waals surface area contributed by atoms with Crippen molar-refractivity contribution in [2.45, 2.75) is 46.3 Å². The van der Waals surface area contributed by atoms with E-state index in [2.05, 4.69) is 74.6 Å². The molecule has 0 spiro atoms. The molecule has 1 N–H and O–H groups in total. The summed E-state index contributed by atoms with van der Waals surface area (Å²) >= 11 is 0. The minimum atomic E-state index is 0.276. The van der Waals surface area contributed by atoms with Crippen molar-refractivity contribution >= 4 is 0 Å². The lowest BCUT2D eigenvalue weighted by molar-refractivity contribution is 0.217. The van der Waals surface area contributed by atoms with Crippen molar-refractivity contribution in [3.8, 4) is 5.75 Å². The first kappa shape index (κ1) is 16.6. The molecule has 1 unspecified atom stereocenters. The van der Waals surface area contributed by atoms with E-state index in [0.717, 1.165) is 31.7 Å². The van der Waals surface area contributed by atoms with Crippen molar-refractivity contribution in [3.05, 3.63) is 65.2 Å². The summed E-state index contributed by atoms with van der Waals surface area (Å²) in [6, 6.07) is 17.0. The minimum absolute atomic E-state index is 0.276. The molecule has 2 nitrogen and oxygen atoms in total. The fourth-order valence-electron chi connectivity index (χ4n) is 2.35. The van der Waals surface area contributed by atoms with Crippen LogP contribution in [0.3, 0.4) is 0 Å². The van der Waals surface area contributed by atoms with E-state index < -0.39 is 0 Å². The molecule has 0 heterocycles. The summed E-state index contributed by atoms with van der Waals surface area (Å²) in [6.07, 6.45) is 2.38. The fraction of sp³-hybridized carbons (Fsp3) is 0.400. The summed E-state index contributed by atoms with van der Waals surface area (Å²) in [7, 11) is 0. The predicted octanol–water partition coefficient (Wildman–Crippen LogP) is 4.50. The Bertz CT molecular complexity index is 562. The maximum Gasteiger partial charge on any atom is 0.119 e. The lowest BCUT2D eigenvalue weighted by atomic mass is 10.1. The molecule has 0 radical (unpaired) electrons. The highest BCUT2D eigenvalue weighted by Gasteiger charge is 2.01. The van der Waals surface area contributed by atoms with E-state index in [1.807, 2.05) is 0 Å². The Morgan fingerprint density at radius 3 is 2.45 bits per heavy atom. The lowest BCUT2D eigenvalue weighted by Crippen LogP contribution is -2.17. The van der Waals surface area contributed by atoms with Crippen LogP contribution < -0.4 is 10.1 Å². The molecule has 118 valence electrons. The molecule has 2 aromatic carbocycles. The summed E-state index contributed by atoms with van der Waals surface area (Å²) in [5, 5.41) is 3.51. The molecule has 0 aliphatic heterocycles. The Labute approximate surface area is 134 Å². The molecule has 2 aromatic rings. The number of nitrogens with one attached hydrogen (secondary N) is 1. The molecule has 0 aromatic heterocycles. The highest BCUT2D eigenvalue weighted by molar-refractivity contribution is 5.28. The van der Waals surface area contributed by atoms with Crippen LogP contribution in [0, 0.1) is 6.92 Å². The summed E-state index contributed by atoms with van der Waals surface area (Å²) in [4.78, 5) is 0. The quantitative estimate of drug-likeness (QED) is 0.724. The van der Waals surface area contributed by atoms with E-state index in [1.165, 1.54) is 16.7 Å². The van der Waals surface area contributed by atoms with Crippen LogP contribution in [-0.2, 0) is 13.0 Å². The van der Waals surface area contributed by atoms with Gasteiger partial charge in [0, 0.05) is 6.54 Å². The van der Waals surface area contributed by atoms with Gasteiger partial charge in [0.05, 0.1) is 6.10 Å². The fourth-order valence-corrected chi connectivity index (χ4v) is 2.35. The van der Waals surface area contributed by atoms with Crippen LogP contribution in [0.1, 0.15) is 37.0 Å². The standard InChI is InChI=1S/C20H27NO/c1-4-17(3)22-20-11-9-18(10-12-20)15-21-14-13-19-8-6-5-7-16(19)2/h5-12,17,21H,4,13-15H2,1-3H3. The number of benzene rings is 2. The van der Waals surface area contributed by atoms with Crippen LogP contribution in [0.4, 0.5) is 0 Å². The summed E-state index contributed by atoms with van der Waals surface area (Å²) in [5.41, 5.74) is 4.09. The van der Waals surface area contributed by atoms with E-state index >= 15 is 0 Å². The van der Waals surface area contributed by atoms with E-state index in [4.69, 9.17) is 4.74 Å². The van der Waals surface area contributed by atoms with Crippen molar-refractivity contribution in [1.29, 1.82) is 0 Å². The molecule has 0 aliphatic rings. The molecule has 0 fully saturated rings. The highest BCUT2D eigenvalue weighted by atomic mass is 16.5. The second-order valence-corrected chi connectivity index (χ2v) is 5.83. The van der Waals surface area contributed by atoms with Crippen molar-refractivity contribution < 1.29 is 4.74 Å². The molecule has 2 rings (SSSR count).